The Labute approximate surface area is 77.9 Å². The van der Waals surface area contributed by atoms with Gasteiger partial charge in [-0.2, -0.15) is 0 Å². The normalized spacial score (nSPS) is 8.42. The van der Waals surface area contributed by atoms with E-state index in [9.17, 15) is 0 Å². The highest BCUT2D eigenvalue weighted by Gasteiger charge is 1.91. The van der Waals surface area contributed by atoms with Gasteiger partial charge in [-0.3, -0.25) is 0 Å². The average Bonchev–Trinajstić information content (AvgIpc) is 2.15. The van der Waals surface area contributed by atoms with Crippen LogP contribution in [0.1, 0.15) is 11.1 Å². The minimum Gasteiger partial charge on any atom is -0.113 e. The number of hydrogen-bond acceptors (Lipinski definition) is 0. The van der Waals surface area contributed by atoms with Gasteiger partial charge < -0.3 is 0 Å². The topological polar surface area (TPSA) is 0 Å². The predicted molar refractivity (Wildman–Crippen MR) is 54.1 cm³/mol. The van der Waals surface area contributed by atoms with Crippen molar-refractivity contribution in [3.8, 4) is 11.8 Å². The first-order chi connectivity index (χ1) is 5.88. The van der Waals surface area contributed by atoms with Crippen molar-refractivity contribution in [2.45, 2.75) is 0 Å². The number of hydrogen-bond donors (Lipinski definition) is 0. The number of benzene rings is 1. The van der Waals surface area contributed by atoms with Gasteiger partial charge in [0.15, 0.2) is 0 Å². The summed E-state index contributed by atoms with van der Waals surface area (Å²) in [7, 11) is 0. The molecule has 1 aromatic carbocycles. The minimum atomic E-state index is 0.367. The first-order valence-electron chi connectivity index (χ1n) is 3.65. The Bertz CT molecular complexity index is 328. The second kappa shape index (κ2) is 4.64. The Morgan fingerprint density at radius 2 is 2.17 bits per heavy atom. The Morgan fingerprint density at radius 3 is 2.83 bits per heavy atom. The van der Waals surface area contributed by atoms with Gasteiger partial charge in [-0.1, -0.05) is 42.7 Å². The van der Waals surface area contributed by atoms with E-state index in [1.165, 1.54) is 0 Å². The average molecular weight is 177 g/mol. The molecule has 0 aliphatic carbocycles. The molecule has 1 rings (SSSR count). The van der Waals surface area contributed by atoms with E-state index in [4.69, 9.17) is 11.6 Å². The molecule has 1 aromatic rings. The first kappa shape index (κ1) is 8.90. The number of rotatable bonds is 1. The third-order valence-corrected chi connectivity index (χ3v) is 1.60. The standard InChI is InChI=1S/C11H9Cl/c1-2-10-6-3-4-7-11(10)8-5-9-12/h2-4,6-7H,1,9H2. The first-order valence-corrected chi connectivity index (χ1v) is 4.18. The molecule has 0 unspecified atom stereocenters. The van der Waals surface area contributed by atoms with Crippen molar-refractivity contribution in [3.05, 3.63) is 42.0 Å². The lowest BCUT2D eigenvalue weighted by Crippen LogP contribution is -1.79. The fraction of sp³-hybridized carbons (Fsp3) is 0.0909. The Morgan fingerprint density at radius 1 is 1.42 bits per heavy atom. The van der Waals surface area contributed by atoms with Crippen molar-refractivity contribution in [2.24, 2.45) is 0 Å². The summed E-state index contributed by atoms with van der Waals surface area (Å²) in [6, 6.07) is 7.84. The molecule has 0 aliphatic heterocycles. The van der Waals surface area contributed by atoms with Crippen molar-refractivity contribution >= 4 is 17.7 Å². The third-order valence-electron chi connectivity index (χ3n) is 1.47. The van der Waals surface area contributed by atoms with Gasteiger partial charge in [-0.25, -0.2) is 0 Å². The summed E-state index contributed by atoms with van der Waals surface area (Å²) in [5.74, 6) is 6.13. The Balaban J connectivity index is 3.05. The molecule has 0 radical (unpaired) electrons. The molecule has 0 heterocycles. The molecule has 0 amide bonds. The molecule has 0 atom stereocenters. The highest BCUT2D eigenvalue weighted by Crippen LogP contribution is 2.07. The zero-order valence-corrected chi connectivity index (χ0v) is 7.43. The third kappa shape index (κ3) is 2.15. The molecule has 0 saturated carbocycles. The SMILES string of the molecule is C=Cc1ccccc1C#CCCl. The van der Waals surface area contributed by atoms with Gasteiger partial charge in [0.25, 0.3) is 0 Å². The molecule has 12 heavy (non-hydrogen) atoms. The van der Waals surface area contributed by atoms with Crippen LogP contribution in [0.5, 0.6) is 0 Å². The minimum absolute atomic E-state index is 0.367. The lowest BCUT2D eigenvalue weighted by atomic mass is 10.1. The molecule has 0 spiro atoms. The molecule has 1 heteroatoms. The van der Waals surface area contributed by atoms with Crippen LogP contribution in [0.2, 0.25) is 0 Å². The molecule has 0 fully saturated rings. The Hall–Kier alpha value is -1.19. The van der Waals surface area contributed by atoms with Crippen molar-refractivity contribution in [1.29, 1.82) is 0 Å². The molecule has 0 N–H and O–H groups in total. The van der Waals surface area contributed by atoms with Crippen LogP contribution in [-0.4, -0.2) is 5.88 Å². The fourth-order valence-corrected chi connectivity index (χ4v) is 0.984. The fourth-order valence-electron chi connectivity index (χ4n) is 0.917. The molecule has 0 aromatic heterocycles. The molecule has 0 aliphatic rings. The van der Waals surface area contributed by atoms with E-state index in [0.29, 0.717) is 5.88 Å². The highest BCUT2D eigenvalue weighted by molar-refractivity contribution is 6.19. The maximum Gasteiger partial charge on any atom is 0.0839 e. The van der Waals surface area contributed by atoms with Gasteiger partial charge in [0.1, 0.15) is 0 Å². The summed E-state index contributed by atoms with van der Waals surface area (Å²) in [5.41, 5.74) is 2.03. The molecule has 0 saturated heterocycles. The van der Waals surface area contributed by atoms with Crippen LogP contribution >= 0.6 is 11.6 Å². The molecule has 0 nitrogen and oxygen atoms in total. The monoisotopic (exact) mass is 176 g/mol. The van der Waals surface area contributed by atoms with Crippen molar-refractivity contribution < 1.29 is 0 Å². The summed E-state index contributed by atoms with van der Waals surface area (Å²) in [6.45, 7) is 3.70. The van der Waals surface area contributed by atoms with Gasteiger partial charge in [-0.15, -0.1) is 11.6 Å². The highest BCUT2D eigenvalue weighted by atomic mass is 35.5. The summed E-state index contributed by atoms with van der Waals surface area (Å²) >= 11 is 5.45. The van der Waals surface area contributed by atoms with Crippen molar-refractivity contribution in [2.75, 3.05) is 5.88 Å². The summed E-state index contributed by atoms with van der Waals surface area (Å²) in [6.07, 6.45) is 1.79. The number of halogens is 1. The maximum absolute atomic E-state index is 5.45. The lowest BCUT2D eigenvalue weighted by molar-refractivity contribution is 1.60. The Kier molecular flexibility index (Phi) is 3.44. The predicted octanol–water partition coefficient (Wildman–Crippen LogP) is 2.92. The van der Waals surface area contributed by atoms with Crippen LogP contribution in [0.25, 0.3) is 6.08 Å². The zero-order chi connectivity index (χ0) is 8.81. The zero-order valence-electron chi connectivity index (χ0n) is 6.68. The molecular weight excluding hydrogens is 168 g/mol. The van der Waals surface area contributed by atoms with Crippen LogP contribution in [-0.2, 0) is 0 Å². The second-order valence-electron chi connectivity index (χ2n) is 2.23. The maximum atomic E-state index is 5.45. The largest absolute Gasteiger partial charge is 0.113 e. The molecule has 60 valence electrons. The summed E-state index contributed by atoms with van der Waals surface area (Å²) < 4.78 is 0. The van der Waals surface area contributed by atoms with Gasteiger partial charge in [0, 0.05) is 5.56 Å². The second-order valence-corrected chi connectivity index (χ2v) is 2.49. The van der Waals surface area contributed by atoms with Gasteiger partial charge in [-0.05, 0) is 11.6 Å². The van der Waals surface area contributed by atoms with E-state index in [1.807, 2.05) is 24.3 Å². The van der Waals surface area contributed by atoms with E-state index < -0.39 is 0 Å². The van der Waals surface area contributed by atoms with Gasteiger partial charge >= 0.3 is 0 Å². The van der Waals surface area contributed by atoms with Gasteiger partial charge in [0.2, 0.25) is 0 Å². The van der Waals surface area contributed by atoms with E-state index in [2.05, 4.69) is 18.4 Å². The van der Waals surface area contributed by atoms with E-state index in [1.54, 1.807) is 6.08 Å². The van der Waals surface area contributed by atoms with Crippen molar-refractivity contribution in [1.82, 2.24) is 0 Å². The van der Waals surface area contributed by atoms with E-state index in [-0.39, 0.29) is 0 Å². The molecular formula is C11H9Cl. The van der Waals surface area contributed by atoms with Crippen LogP contribution in [0.4, 0.5) is 0 Å². The van der Waals surface area contributed by atoms with Gasteiger partial charge in [0.05, 0.1) is 5.88 Å². The van der Waals surface area contributed by atoms with Crippen LogP contribution < -0.4 is 0 Å². The number of alkyl halides is 1. The van der Waals surface area contributed by atoms with E-state index in [0.717, 1.165) is 11.1 Å². The van der Waals surface area contributed by atoms with Crippen LogP contribution in [0.15, 0.2) is 30.8 Å². The lowest BCUT2D eigenvalue weighted by Gasteiger charge is -1.95. The quantitative estimate of drug-likeness (QED) is 0.456. The van der Waals surface area contributed by atoms with E-state index >= 15 is 0 Å². The molecule has 0 bridgehead atoms. The summed E-state index contributed by atoms with van der Waals surface area (Å²) in [4.78, 5) is 0. The summed E-state index contributed by atoms with van der Waals surface area (Å²) in [5, 5.41) is 0. The van der Waals surface area contributed by atoms with Crippen LogP contribution in [0.3, 0.4) is 0 Å². The van der Waals surface area contributed by atoms with Crippen LogP contribution in [0, 0.1) is 11.8 Å². The van der Waals surface area contributed by atoms with Crippen molar-refractivity contribution in [3.63, 3.8) is 0 Å². The smallest absolute Gasteiger partial charge is 0.0839 e.